The van der Waals surface area contributed by atoms with Gasteiger partial charge in [0.1, 0.15) is 5.82 Å². The molecule has 1 aromatic heterocycles. The van der Waals surface area contributed by atoms with Crippen molar-refractivity contribution in [3.05, 3.63) is 70.0 Å². The van der Waals surface area contributed by atoms with Crippen LogP contribution in [0.5, 0.6) is 0 Å². The second kappa shape index (κ2) is 11.4. The fraction of sp³-hybridized carbons (Fsp3) is 0.545. The molecule has 9 heteroatoms. The third-order valence-corrected chi connectivity index (χ3v) is 10.3. The summed E-state index contributed by atoms with van der Waals surface area (Å²) in [5.41, 5.74) is 3.02. The first-order valence-electron chi connectivity index (χ1n) is 15.3. The third-order valence-electron chi connectivity index (χ3n) is 10.3. The van der Waals surface area contributed by atoms with Crippen molar-refractivity contribution in [2.45, 2.75) is 65.6 Å². The van der Waals surface area contributed by atoms with E-state index in [-0.39, 0.29) is 24.0 Å². The Bertz CT molecular complexity index is 1550. The minimum absolute atomic E-state index is 0.00742. The number of nitrogens with one attached hydrogen (secondary N) is 2. The molecular formula is C33H43FN6O2. The number of fused-ring (bicyclic) bond motifs is 3. The Morgan fingerprint density at radius 2 is 2.07 bits per heavy atom. The van der Waals surface area contributed by atoms with Crippen LogP contribution in [0.3, 0.4) is 0 Å². The van der Waals surface area contributed by atoms with Crippen molar-refractivity contribution in [2.75, 3.05) is 26.2 Å². The zero-order valence-electron chi connectivity index (χ0n) is 25.1. The quantitative estimate of drug-likeness (QED) is 0.304. The fourth-order valence-corrected chi connectivity index (χ4v) is 7.43. The van der Waals surface area contributed by atoms with Gasteiger partial charge in [0, 0.05) is 38.3 Å². The number of rotatable bonds is 6. The first-order valence-corrected chi connectivity index (χ1v) is 15.3. The molecule has 2 bridgehead atoms. The first kappa shape index (κ1) is 28.8. The number of hydrogen-bond donors (Lipinski definition) is 3. The largest absolute Gasteiger partial charge is 0.395 e. The summed E-state index contributed by atoms with van der Waals surface area (Å²) in [6, 6.07) is 11.0. The van der Waals surface area contributed by atoms with Crippen LogP contribution in [0.4, 0.5) is 10.1 Å². The maximum atomic E-state index is 14.3. The molecule has 2 heterocycles. The molecule has 3 aliphatic carbocycles. The zero-order valence-corrected chi connectivity index (χ0v) is 25.1. The highest BCUT2D eigenvalue weighted by Crippen LogP contribution is 2.61. The molecule has 8 nitrogen and oxygen atoms in total. The molecule has 4 fully saturated rings. The molecule has 3 saturated carbocycles. The number of aliphatic imine (C=N–C) groups is 1. The third kappa shape index (κ3) is 5.44. The summed E-state index contributed by atoms with van der Waals surface area (Å²) in [6.45, 7) is 11.7. The molecule has 0 unspecified atom stereocenters. The number of guanidine groups is 1. The molecule has 1 aliphatic heterocycles. The molecule has 0 amide bonds. The molecule has 3 aromatic rings. The molecule has 5 atom stereocenters. The molecule has 2 aromatic carbocycles. The normalized spacial score (nSPS) is 27.1. The highest BCUT2D eigenvalue weighted by Gasteiger charge is 2.56. The molecule has 3 N–H and O–H groups in total. The van der Waals surface area contributed by atoms with Crippen molar-refractivity contribution in [3.8, 4) is 0 Å². The Hall–Kier alpha value is -3.30. The number of aryl methyl sites for hydroxylation is 3. The molecule has 7 rings (SSSR count). The van der Waals surface area contributed by atoms with E-state index in [9.17, 15) is 14.3 Å². The summed E-state index contributed by atoms with van der Waals surface area (Å²) in [6.07, 6.45) is 4.40. The summed E-state index contributed by atoms with van der Waals surface area (Å²) in [5, 5.41) is 17.5. The van der Waals surface area contributed by atoms with E-state index < -0.39 is 0 Å². The smallest absolute Gasteiger partial charge is 0.261 e. The van der Waals surface area contributed by atoms with Crippen LogP contribution in [-0.2, 0) is 13.0 Å². The second-order valence-corrected chi connectivity index (χ2v) is 13.2. The van der Waals surface area contributed by atoms with E-state index in [2.05, 4.69) is 41.3 Å². The second-order valence-electron chi connectivity index (χ2n) is 13.2. The van der Waals surface area contributed by atoms with Gasteiger partial charge in [0.25, 0.3) is 5.56 Å². The predicted molar refractivity (Wildman–Crippen MR) is 164 cm³/mol. The van der Waals surface area contributed by atoms with Gasteiger partial charge in [0.05, 0.1) is 29.5 Å². The summed E-state index contributed by atoms with van der Waals surface area (Å²) in [5.74, 6) is 2.54. The van der Waals surface area contributed by atoms with Crippen LogP contribution in [0.1, 0.15) is 44.7 Å². The highest BCUT2D eigenvalue weighted by atomic mass is 19.1. The number of halogens is 1. The summed E-state index contributed by atoms with van der Waals surface area (Å²) < 4.78 is 15.9. The van der Waals surface area contributed by atoms with Crippen LogP contribution in [0.2, 0.25) is 0 Å². The van der Waals surface area contributed by atoms with Gasteiger partial charge in [0.15, 0.2) is 5.96 Å². The van der Waals surface area contributed by atoms with E-state index in [1.807, 2.05) is 25.1 Å². The maximum Gasteiger partial charge on any atom is 0.261 e. The van der Waals surface area contributed by atoms with Crippen LogP contribution >= 0.6 is 0 Å². The number of aliphatic hydroxyl groups excluding tert-OH is 1. The molecular weight excluding hydrogens is 531 g/mol. The van der Waals surface area contributed by atoms with E-state index in [0.29, 0.717) is 59.3 Å². The number of piperazine rings is 1. The van der Waals surface area contributed by atoms with Crippen molar-refractivity contribution >= 4 is 22.5 Å². The molecule has 0 radical (unpaired) electrons. The number of hydrogen-bond acceptors (Lipinski definition) is 5. The van der Waals surface area contributed by atoms with Gasteiger partial charge >= 0.3 is 0 Å². The van der Waals surface area contributed by atoms with Gasteiger partial charge in [0.2, 0.25) is 0 Å². The minimum Gasteiger partial charge on any atom is -0.395 e. The van der Waals surface area contributed by atoms with E-state index in [0.717, 1.165) is 42.6 Å². The molecule has 224 valence electrons. The van der Waals surface area contributed by atoms with Crippen molar-refractivity contribution in [3.63, 3.8) is 0 Å². The predicted octanol–water partition coefficient (Wildman–Crippen LogP) is 4.00. The number of nitrogens with zero attached hydrogens (tertiary/aromatic N) is 4. The van der Waals surface area contributed by atoms with Gasteiger partial charge in [-0.15, -0.1) is 0 Å². The minimum atomic E-state index is -0.248. The number of benzene rings is 2. The van der Waals surface area contributed by atoms with E-state index in [4.69, 9.17) is 4.99 Å². The Balaban J connectivity index is 1.25. The highest BCUT2D eigenvalue weighted by molar-refractivity contribution is 5.86. The first-order chi connectivity index (χ1) is 20.1. The molecule has 4 aliphatic rings. The van der Waals surface area contributed by atoms with E-state index in [1.54, 1.807) is 23.0 Å². The van der Waals surface area contributed by atoms with Crippen LogP contribution in [-0.4, -0.2) is 63.8 Å². The van der Waals surface area contributed by atoms with E-state index in [1.165, 1.54) is 12.5 Å². The van der Waals surface area contributed by atoms with Gasteiger partial charge < -0.3 is 20.6 Å². The Labute approximate surface area is 247 Å². The summed E-state index contributed by atoms with van der Waals surface area (Å²) >= 11 is 0. The molecule has 0 spiro atoms. The van der Waals surface area contributed by atoms with Crippen molar-refractivity contribution in [1.82, 2.24) is 25.1 Å². The Kier molecular flexibility index (Phi) is 7.83. The van der Waals surface area contributed by atoms with Crippen LogP contribution in [0.15, 0.2) is 52.5 Å². The number of aromatic nitrogens is 2. The standard InChI is InChI=1S/C33H43FN6O2/c1-20-5-6-22(28(34)13-20)9-11-40-19-36-30-16-24(7-8-26(30)31(40)42)37-32(39-12-10-35-25(17-39)18-41)38-29-15-23-14-27(21(29)2)33(23,3)4/h5-8,13,16,19,21,23,25,27,29,35,41H,9-12,14-15,17-18H2,1-4H3,(H,37,38)/t21-,23-,25-,27-,29+/m1/s1. The van der Waals surface area contributed by atoms with E-state index >= 15 is 0 Å². The zero-order chi connectivity index (χ0) is 29.6. The van der Waals surface area contributed by atoms with Gasteiger partial charge in [-0.25, -0.2) is 14.4 Å². The monoisotopic (exact) mass is 574 g/mol. The van der Waals surface area contributed by atoms with Gasteiger partial charge in [-0.05, 0) is 84.7 Å². The molecule has 1 saturated heterocycles. The lowest BCUT2D eigenvalue weighted by Gasteiger charge is -2.62. The van der Waals surface area contributed by atoms with Gasteiger partial charge in [-0.1, -0.05) is 32.9 Å². The van der Waals surface area contributed by atoms with Crippen LogP contribution in [0.25, 0.3) is 10.9 Å². The number of aliphatic hydroxyl groups is 1. The van der Waals surface area contributed by atoms with Crippen LogP contribution < -0.4 is 16.2 Å². The average molecular weight is 575 g/mol. The van der Waals surface area contributed by atoms with Crippen molar-refractivity contribution < 1.29 is 9.50 Å². The fourth-order valence-electron chi connectivity index (χ4n) is 7.43. The topological polar surface area (TPSA) is 94.8 Å². The lowest BCUT2D eigenvalue weighted by atomic mass is 9.45. The maximum absolute atomic E-state index is 14.3. The van der Waals surface area contributed by atoms with Crippen molar-refractivity contribution in [2.24, 2.45) is 28.2 Å². The van der Waals surface area contributed by atoms with Gasteiger partial charge in [-0.3, -0.25) is 9.36 Å². The van der Waals surface area contributed by atoms with Crippen molar-refractivity contribution in [1.29, 1.82) is 0 Å². The Morgan fingerprint density at radius 3 is 2.81 bits per heavy atom. The average Bonchev–Trinajstić information content (AvgIpc) is 2.98. The lowest BCUT2D eigenvalue weighted by molar-refractivity contribution is -0.112. The van der Waals surface area contributed by atoms with Crippen LogP contribution in [0, 0.1) is 35.9 Å². The van der Waals surface area contributed by atoms with Gasteiger partial charge in [-0.2, -0.15) is 0 Å². The summed E-state index contributed by atoms with van der Waals surface area (Å²) in [4.78, 5) is 25.2. The lowest BCUT2D eigenvalue weighted by Crippen LogP contribution is -2.63. The molecule has 42 heavy (non-hydrogen) atoms. The summed E-state index contributed by atoms with van der Waals surface area (Å²) in [7, 11) is 0. The SMILES string of the molecule is Cc1ccc(CCn2cnc3cc(N=C(N[C@H]4C[C@H]5C[C@H]([C@H]4C)C5(C)C)N4CCN[C@@H](CO)C4)ccc3c2=O)c(F)c1. The Morgan fingerprint density at radius 1 is 1.24 bits per heavy atom.